The number of benzene rings is 1. The molecule has 0 radical (unpaired) electrons. The van der Waals surface area contributed by atoms with Crippen LogP contribution in [0.5, 0.6) is 0 Å². The third-order valence-electron chi connectivity index (χ3n) is 2.58. The Morgan fingerprint density at radius 2 is 2.33 bits per heavy atom. The number of thioether (sulfide) groups is 1. The van der Waals surface area contributed by atoms with Crippen molar-refractivity contribution in [3.8, 4) is 0 Å². The molecule has 3 rings (SSSR count). The lowest BCUT2D eigenvalue weighted by Crippen LogP contribution is -1.93. The molecule has 6 heteroatoms. The van der Waals surface area contributed by atoms with Crippen molar-refractivity contribution in [2.45, 2.75) is 10.1 Å². The first-order chi connectivity index (χ1) is 8.72. The first-order valence-electron chi connectivity index (χ1n) is 5.37. The fourth-order valence-electron chi connectivity index (χ4n) is 1.60. The summed E-state index contributed by atoms with van der Waals surface area (Å²) in [6, 6.07) is 5.81. The Morgan fingerprint density at radius 1 is 1.44 bits per heavy atom. The standard InChI is InChI=1S/C12H10ClN3S2/c1-16-5-4-14-11(16)7-17-12-15-9-6-8(13)2-3-10(9)18-12/h2-6H,7H2,1H3. The van der Waals surface area contributed by atoms with Crippen LogP contribution in [0.4, 0.5) is 0 Å². The first-order valence-corrected chi connectivity index (χ1v) is 7.55. The van der Waals surface area contributed by atoms with E-state index in [1.54, 1.807) is 23.1 Å². The lowest BCUT2D eigenvalue weighted by Gasteiger charge is -1.98. The zero-order valence-electron chi connectivity index (χ0n) is 9.63. The van der Waals surface area contributed by atoms with E-state index in [0.29, 0.717) is 0 Å². The molecule has 2 heterocycles. The molecular formula is C12H10ClN3S2. The number of thiazole rings is 1. The highest BCUT2D eigenvalue weighted by Gasteiger charge is 2.07. The molecule has 3 aromatic rings. The van der Waals surface area contributed by atoms with Crippen LogP contribution in [0.1, 0.15) is 5.82 Å². The van der Waals surface area contributed by atoms with Crippen molar-refractivity contribution >= 4 is 44.9 Å². The third-order valence-corrected chi connectivity index (χ3v) is 4.99. The largest absolute Gasteiger partial charge is 0.337 e. The maximum absolute atomic E-state index is 5.95. The highest BCUT2D eigenvalue weighted by Crippen LogP contribution is 2.32. The monoisotopic (exact) mass is 295 g/mol. The molecule has 2 aromatic heterocycles. The molecule has 0 saturated heterocycles. The van der Waals surface area contributed by atoms with E-state index < -0.39 is 0 Å². The van der Waals surface area contributed by atoms with Crippen LogP contribution in [0.15, 0.2) is 34.9 Å². The van der Waals surface area contributed by atoms with Crippen LogP contribution in [0.2, 0.25) is 5.02 Å². The number of rotatable bonds is 3. The first kappa shape index (κ1) is 12.0. The van der Waals surface area contributed by atoms with Gasteiger partial charge in [0.15, 0.2) is 4.34 Å². The van der Waals surface area contributed by atoms with E-state index in [4.69, 9.17) is 11.6 Å². The number of fused-ring (bicyclic) bond motifs is 1. The molecule has 18 heavy (non-hydrogen) atoms. The molecule has 0 unspecified atom stereocenters. The van der Waals surface area contributed by atoms with Crippen molar-refractivity contribution in [2.24, 2.45) is 7.05 Å². The van der Waals surface area contributed by atoms with Gasteiger partial charge >= 0.3 is 0 Å². The third kappa shape index (κ3) is 2.39. The number of imidazole rings is 1. The second-order valence-corrected chi connectivity index (χ2v) is 6.52. The van der Waals surface area contributed by atoms with Crippen LogP contribution < -0.4 is 0 Å². The summed E-state index contributed by atoms with van der Waals surface area (Å²) in [6.07, 6.45) is 3.77. The second kappa shape index (κ2) is 4.91. The molecule has 0 atom stereocenters. The average Bonchev–Trinajstić information content (AvgIpc) is 2.92. The molecule has 0 spiro atoms. The van der Waals surface area contributed by atoms with Gasteiger partial charge in [-0.3, -0.25) is 0 Å². The summed E-state index contributed by atoms with van der Waals surface area (Å²) in [5.41, 5.74) is 0.967. The number of halogens is 1. The fourth-order valence-corrected chi connectivity index (χ4v) is 3.82. The Morgan fingerprint density at radius 3 is 3.11 bits per heavy atom. The van der Waals surface area contributed by atoms with E-state index in [9.17, 15) is 0 Å². The summed E-state index contributed by atoms with van der Waals surface area (Å²) >= 11 is 9.35. The van der Waals surface area contributed by atoms with Gasteiger partial charge in [0.2, 0.25) is 0 Å². The van der Waals surface area contributed by atoms with E-state index in [2.05, 4.69) is 9.97 Å². The molecule has 0 N–H and O–H groups in total. The molecule has 92 valence electrons. The van der Waals surface area contributed by atoms with Gasteiger partial charge in [-0.05, 0) is 18.2 Å². The SMILES string of the molecule is Cn1ccnc1CSc1nc2cc(Cl)ccc2s1. The Bertz CT molecular complexity index is 690. The predicted octanol–water partition coefficient (Wildman–Crippen LogP) is 3.98. The van der Waals surface area contributed by atoms with Crippen LogP contribution in [0, 0.1) is 0 Å². The van der Waals surface area contributed by atoms with E-state index in [1.165, 1.54) is 4.70 Å². The maximum Gasteiger partial charge on any atom is 0.151 e. The Hall–Kier alpha value is -1.04. The van der Waals surface area contributed by atoms with Crippen molar-refractivity contribution in [1.82, 2.24) is 14.5 Å². The Balaban J connectivity index is 1.81. The average molecular weight is 296 g/mol. The molecule has 0 aliphatic rings. The smallest absolute Gasteiger partial charge is 0.151 e. The van der Waals surface area contributed by atoms with Crippen LogP contribution in [0.3, 0.4) is 0 Å². The van der Waals surface area contributed by atoms with Gasteiger partial charge in [0, 0.05) is 24.5 Å². The zero-order valence-corrected chi connectivity index (χ0v) is 12.0. The van der Waals surface area contributed by atoms with Gasteiger partial charge in [0.05, 0.1) is 16.0 Å². The molecule has 0 fully saturated rings. The topological polar surface area (TPSA) is 30.7 Å². The van der Waals surface area contributed by atoms with Gasteiger partial charge in [0.25, 0.3) is 0 Å². The van der Waals surface area contributed by atoms with Crippen molar-refractivity contribution < 1.29 is 0 Å². The molecule has 3 nitrogen and oxygen atoms in total. The minimum absolute atomic E-state index is 0.730. The molecule has 0 aliphatic heterocycles. The van der Waals surface area contributed by atoms with Crippen LogP contribution in [0.25, 0.3) is 10.2 Å². The number of aromatic nitrogens is 3. The van der Waals surface area contributed by atoms with E-state index in [-0.39, 0.29) is 0 Å². The van der Waals surface area contributed by atoms with Crippen LogP contribution in [-0.2, 0) is 12.8 Å². The van der Waals surface area contributed by atoms with Gasteiger partial charge in [-0.1, -0.05) is 23.4 Å². The summed E-state index contributed by atoms with van der Waals surface area (Å²) in [4.78, 5) is 8.86. The van der Waals surface area contributed by atoms with Gasteiger partial charge in [-0.2, -0.15) is 0 Å². The predicted molar refractivity (Wildman–Crippen MR) is 77.4 cm³/mol. The minimum Gasteiger partial charge on any atom is -0.337 e. The summed E-state index contributed by atoms with van der Waals surface area (Å²) in [7, 11) is 2.00. The normalized spacial score (nSPS) is 11.2. The quantitative estimate of drug-likeness (QED) is 0.685. The number of nitrogens with zero attached hydrogens (tertiary/aromatic N) is 3. The lowest BCUT2D eigenvalue weighted by atomic mass is 10.3. The molecule has 0 bridgehead atoms. The number of hydrogen-bond acceptors (Lipinski definition) is 4. The fraction of sp³-hybridized carbons (Fsp3) is 0.167. The number of hydrogen-bond donors (Lipinski definition) is 0. The molecule has 1 aromatic carbocycles. The second-order valence-electron chi connectivity index (χ2n) is 3.83. The van der Waals surface area contributed by atoms with Crippen molar-refractivity contribution in [2.75, 3.05) is 0 Å². The van der Waals surface area contributed by atoms with Crippen LogP contribution in [-0.4, -0.2) is 14.5 Å². The van der Waals surface area contributed by atoms with E-state index in [0.717, 1.165) is 26.5 Å². The molecule has 0 saturated carbocycles. The molecule has 0 amide bonds. The molecule has 0 aliphatic carbocycles. The summed E-state index contributed by atoms with van der Waals surface area (Å²) in [5, 5.41) is 0.730. The van der Waals surface area contributed by atoms with Gasteiger partial charge in [-0.15, -0.1) is 11.3 Å². The van der Waals surface area contributed by atoms with E-state index in [1.807, 2.05) is 42.2 Å². The summed E-state index contributed by atoms with van der Waals surface area (Å²) < 4.78 is 4.24. The zero-order chi connectivity index (χ0) is 12.5. The van der Waals surface area contributed by atoms with Crippen LogP contribution >= 0.6 is 34.7 Å². The van der Waals surface area contributed by atoms with Gasteiger partial charge < -0.3 is 4.57 Å². The molecular weight excluding hydrogens is 286 g/mol. The maximum atomic E-state index is 5.95. The van der Waals surface area contributed by atoms with E-state index >= 15 is 0 Å². The van der Waals surface area contributed by atoms with Crippen molar-refractivity contribution in [3.05, 3.63) is 41.4 Å². The highest BCUT2D eigenvalue weighted by atomic mass is 35.5. The van der Waals surface area contributed by atoms with Gasteiger partial charge in [-0.25, -0.2) is 9.97 Å². The highest BCUT2D eigenvalue weighted by molar-refractivity contribution is 8.00. The number of aryl methyl sites for hydroxylation is 1. The van der Waals surface area contributed by atoms with Crippen molar-refractivity contribution in [3.63, 3.8) is 0 Å². The lowest BCUT2D eigenvalue weighted by molar-refractivity contribution is 0.849. The van der Waals surface area contributed by atoms with Crippen molar-refractivity contribution in [1.29, 1.82) is 0 Å². The Kier molecular flexibility index (Phi) is 3.28. The Labute approximate surface area is 118 Å². The minimum atomic E-state index is 0.730. The summed E-state index contributed by atoms with van der Waals surface area (Å²) in [5.74, 6) is 1.88. The van der Waals surface area contributed by atoms with Gasteiger partial charge in [0.1, 0.15) is 5.82 Å². The summed E-state index contributed by atoms with van der Waals surface area (Å²) in [6.45, 7) is 0.